The summed E-state index contributed by atoms with van der Waals surface area (Å²) in [7, 11) is 0. The molecule has 1 amide bonds. The summed E-state index contributed by atoms with van der Waals surface area (Å²) < 4.78 is 38.1. The number of hydrogen-bond acceptors (Lipinski definition) is 2. The van der Waals surface area contributed by atoms with Gasteiger partial charge in [0, 0.05) is 18.8 Å². The van der Waals surface area contributed by atoms with Crippen molar-refractivity contribution in [2.24, 2.45) is 11.7 Å². The average Bonchev–Trinajstić information content (AvgIpc) is 2.13. The molecule has 1 aliphatic heterocycles. The van der Waals surface area contributed by atoms with E-state index in [0.717, 1.165) is 6.07 Å². The van der Waals surface area contributed by atoms with Crippen LogP contribution >= 0.6 is 0 Å². The first kappa shape index (κ1) is 11.8. The zero-order valence-corrected chi connectivity index (χ0v) is 8.87. The van der Waals surface area contributed by atoms with Gasteiger partial charge in [-0.05, 0) is 12.1 Å². The van der Waals surface area contributed by atoms with Gasteiger partial charge >= 0.3 is 6.18 Å². The Morgan fingerprint density at radius 1 is 1.29 bits per heavy atom. The van der Waals surface area contributed by atoms with E-state index in [-0.39, 0.29) is 24.7 Å². The number of alkyl halides is 3. The van der Waals surface area contributed by atoms with Gasteiger partial charge in [-0.15, -0.1) is 0 Å². The SMILES string of the molecule is NC(=O)C1CN(c2ccccc2C(F)(F)F)C1. The largest absolute Gasteiger partial charge is 0.418 e. The van der Waals surface area contributed by atoms with E-state index < -0.39 is 17.6 Å². The average molecular weight is 244 g/mol. The third kappa shape index (κ3) is 2.20. The van der Waals surface area contributed by atoms with Gasteiger partial charge in [-0.3, -0.25) is 4.79 Å². The van der Waals surface area contributed by atoms with E-state index in [1.807, 2.05) is 0 Å². The lowest BCUT2D eigenvalue weighted by molar-refractivity contribution is -0.137. The van der Waals surface area contributed by atoms with Crippen molar-refractivity contribution < 1.29 is 18.0 Å². The maximum absolute atomic E-state index is 12.7. The molecule has 2 N–H and O–H groups in total. The molecular weight excluding hydrogens is 233 g/mol. The number of rotatable bonds is 2. The Morgan fingerprint density at radius 2 is 1.88 bits per heavy atom. The summed E-state index contributed by atoms with van der Waals surface area (Å²) in [6.45, 7) is 0.505. The number of carbonyl (C=O) groups excluding carboxylic acids is 1. The van der Waals surface area contributed by atoms with Crippen molar-refractivity contribution in [3.8, 4) is 0 Å². The van der Waals surface area contributed by atoms with Crippen LogP contribution in [0.25, 0.3) is 0 Å². The molecule has 1 heterocycles. The number of hydrogen-bond donors (Lipinski definition) is 1. The summed E-state index contributed by atoms with van der Waals surface area (Å²) in [5.41, 5.74) is 4.51. The monoisotopic (exact) mass is 244 g/mol. The molecule has 1 fully saturated rings. The van der Waals surface area contributed by atoms with Gasteiger partial charge in [-0.1, -0.05) is 12.1 Å². The number of carbonyl (C=O) groups is 1. The van der Waals surface area contributed by atoms with Gasteiger partial charge in [0.25, 0.3) is 0 Å². The zero-order valence-electron chi connectivity index (χ0n) is 8.87. The van der Waals surface area contributed by atoms with Crippen LogP contribution in [0.5, 0.6) is 0 Å². The van der Waals surface area contributed by atoms with Crippen LogP contribution in [0.2, 0.25) is 0 Å². The predicted molar refractivity (Wildman–Crippen MR) is 56.3 cm³/mol. The summed E-state index contributed by atoms with van der Waals surface area (Å²) in [5, 5.41) is 0. The first-order chi connectivity index (χ1) is 7.89. The van der Waals surface area contributed by atoms with Crippen LogP contribution in [-0.2, 0) is 11.0 Å². The second-order valence-corrected chi connectivity index (χ2v) is 4.02. The van der Waals surface area contributed by atoms with Crippen molar-refractivity contribution in [3.05, 3.63) is 29.8 Å². The molecule has 3 nitrogen and oxygen atoms in total. The second kappa shape index (κ2) is 3.94. The molecule has 0 aromatic heterocycles. The van der Waals surface area contributed by atoms with Gasteiger partial charge in [0.05, 0.1) is 11.5 Å². The van der Waals surface area contributed by atoms with Crippen LogP contribution in [0.4, 0.5) is 18.9 Å². The zero-order chi connectivity index (χ0) is 12.6. The molecular formula is C11H11F3N2O. The normalized spacial score (nSPS) is 16.8. The molecule has 0 atom stereocenters. The number of halogens is 3. The molecule has 17 heavy (non-hydrogen) atoms. The fourth-order valence-electron chi connectivity index (χ4n) is 1.84. The van der Waals surface area contributed by atoms with Crippen LogP contribution in [-0.4, -0.2) is 19.0 Å². The van der Waals surface area contributed by atoms with Gasteiger partial charge in [0.1, 0.15) is 0 Å². The fraction of sp³-hybridized carbons (Fsp3) is 0.364. The maximum atomic E-state index is 12.7. The molecule has 1 aromatic carbocycles. The first-order valence-electron chi connectivity index (χ1n) is 5.10. The number of primary amides is 1. The van der Waals surface area contributed by atoms with Gasteiger partial charge in [-0.25, -0.2) is 0 Å². The highest BCUT2D eigenvalue weighted by Gasteiger charge is 2.38. The third-order valence-corrected chi connectivity index (χ3v) is 2.83. The van der Waals surface area contributed by atoms with Crippen molar-refractivity contribution in [1.29, 1.82) is 0 Å². The molecule has 1 saturated heterocycles. The molecule has 2 rings (SSSR count). The maximum Gasteiger partial charge on any atom is 0.418 e. The summed E-state index contributed by atoms with van der Waals surface area (Å²) in [6, 6.07) is 5.33. The number of benzene rings is 1. The highest BCUT2D eigenvalue weighted by Crippen LogP contribution is 2.38. The second-order valence-electron chi connectivity index (χ2n) is 4.02. The quantitative estimate of drug-likeness (QED) is 0.859. The summed E-state index contributed by atoms with van der Waals surface area (Å²) in [6.07, 6.45) is -4.38. The standard InChI is InChI=1S/C11H11F3N2O/c12-11(13,14)8-3-1-2-4-9(8)16-5-7(6-16)10(15)17/h1-4,7H,5-6H2,(H2,15,17). The lowest BCUT2D eigenvalue weighted by atomic mass is 9.97. The number of amides is 1. The number of nitrogens with zero attached hydrogens (tertiary/aromatic N) is 1. The molecule has 6 heteroatoms. The Kier molecular flexibility index (Phi) is 2.73. The first-order valence-corrected chi connectivity index (χ1v) is 5.10. The van der Waals surface area contributed by atoms with E-state index in [1.165, 1.54) is 17.0 Å². The van der Waals surface area contributed by atoms with Gasteiger partial charge in [-0.2, -0.15) is 13.2 Å². The van der Waals surface area contributed by atoms with Crippen LogP contribution in [0.15, 0.2) is 24.3 Å². The Morgan fingerprint density at radius 3 is 2.41 bits per heavy atom. The molecule has 0 radical (unpaired) electrons. The molecule has 0 bridgehead atoms. The van der Waals surface area contributed by atoms with E-state index in [9.17, 15) is 18.0 Å². The molecule has 1 aromatic rings. The van der Waals surface area contributed by atoms with Crippen LogP contribution in [0, 0.1) is 5.92 Å². The van der Waals surface area contributed by atoms with E-state index in [2.05, 4.69) is 0 Å². The predicted octanol–water partition coefficient (Wildman–Crippen LogP) is 1.63. The van der Waals surface area contributed by atoms with Gasteiger partial charge in [0.15, 0.2) is 0 Å². The van der Waals surface area contributed by atoms with Crippen molar-refractivity contribution in [2.75, 3.05) is 18.0 Å². The van der Waals surface area contributed by atoms with E-state index in [4.69, 9.17) is 5.73 Å². The van der Waals surface area contributed by atoms with Crippen molar-refractivity contribution in [3.63, 3.8) is 0 Å². The topological polar surface area (TPSA) is 46.3 Å². The van der Waals surface area contributed by atoms with Crippen molar-refractivity contribution in [2.45, 2.75) is 6.18 Å². The Hall–Kier alpha value is -1.72. The molecule has 0 spiro atoms. The number of anilines is 1. The highest BCUT2D eigenvalue weighted by molar-refractivity contribution is 5.80. The molecule has 0 unspecified atom stereocenters. The summed E-state index contributed by atoms with van der Waals surface area (Å²) in [5.74, 6) is -0.818. The number of para-hydroxylation sites is 1. The van der Waals surface area contributed by atoms with Crippen LogP contribution in [0.1, 0.15) is 5.56 Å². The minimum absolute atomic E-state index is 0.109. The summed E-state index contributed by atoms with van der Waals surface area (Å²) in [4.78, 5) is 12.3. The van der Waals surface area contributed by atoms with Crippen molar-refractivity contribution in [1.82, 2.24) is 0 Å². The van der Waals surface area contributed by atoms with Crippen LogP contribution < -0.4 is 10.6 Å². The minimum Gasteiger partial charge on any atom is -0.369 e. The Balaban J connectivity index is 2.21. The highest BCUT2D eigenvalue weighted by atomic mass is 19.4. The van der Waals surface area contributed by atoms with E-state index >= 15 is 0 Å². The third-order valence-electron chi connectivity index (χ3n) is 2.83. The van der Waals surface area contributed by atoms with Crippen LogP contribution in [0.3, 0.4) is 0 Å². The molecule has 0 saturated carbocycles. The molecule has 92 valence electrons. The molecule has 0 aliphatic carbocycles. The van der Waals surface area contributed by atoms with E-state index in [0.29, 0.717) is 0 Å². The minimum atomic E-state index is -4.38. The lowest BCUT2D eigenvalue weighted by Gasteiger charge is -2.40. The smallest absolute Gasteiger partial charge is 0.369 e. The fourth-order valence-corrected chi connectivity index (χ4v) is 1.84. The Labute approximate surface area is 96.0 Å². The van der Waals surface area contributed by atoms with Crippen molar-refractivity contribution >= 4 is 11.6 Å². The van der Waals surface area contributed by atoms with Gasteiger partial charge in [0.2, 0.25) is 5.91 Å². The van der Waals surface area contributed by atoms with Gasteiger partial charge < -0.3 is 10.6 Å². The van der Waals surface area contributed by atoms with E-state index in [1.54, 1.807) is 6.07 Å². The number of nitrogens with two attached hydrogens (primary N) is 1. The molecule has 1 aliphatic rings. The lowest BCUT2D eigenvalue weighted by Crippen LogP contribution is -2.53. The Bertz CT molecular complexity index is 439. The summed E-state index contributed by atoms with van der Waals surface area (Å²) >= 11 is 0.